The lowest BCUT2D eigenvalue weighted by Crippen LogP contribution is -2.47. The molecule has 0 bridgehead atoms. The van der Waals surface area contributed by atoms with Crippen LogP contribution in [0.1, 0.15) is 20.3 Å². The minimum atomic E-state index is -0.262. The summed E-state index contributed by atoms with van der Waals surface area (Å²) in [5, 5.41) is 9.34. The summed E-state index contributed by atoms with van der Waals surface area (Å²) in [5.74, 6) is 0.790. The zero-order chi connectivity index (χ0) is 16.8. The Hall–Kier alpha value is -1.32. The molecule has 6 heteroatoms. The molecule has 6 nitrogen and oxygen atoms in total. The molecule has 2 fully saturated rings. The Morgan fingerprint density at radius 3 is 2.57 bits per heavy atom. The van der Waals surface area contributed by atoms with Gasteiger partial charge in [-0.3, -0.25) is 4.90 Å². The number of piperazine rings is 1. The van der Waals surface area contributed by atoms with Gasteiger partial charge in [-0.2, -0.15) is 5.26 Å². The van der Waals surface area contributed by atoms with Crippen molar-refractivity contribution in [2.45, 2.75) is 20.3 Å². The summed E-state index contributed by atoms with van der Waals surface area (Å²) in [6.07, 6.45) is 0.630. The first-order chi connectivity index (χ1) is 11.0. The van der Waals surface area contributed by atoms with E-state index in [4.69, 9.17) is 4.74 Å². The molecule has 0 aliphatic carbocycles. The van der Waals surface area contributed by atoms with Crippen molar-refractivity contribution in [2.75, 3.05) is 59.5 Å². The molecule has 0 spiro atoms. The number of hydrogen-bond donors (Lipinski definition) is 0. The number of rotatable bonds is 4. The number of nitrogens with zero attached hydrogens (tertiary/aromatic N) is 4. The van der Waals surface area contributed by atoms with Gasteiger partial charge in [0.2, 0.25) is 0 Å². The van der Waals surface area contributed by atoms with Gasteiger partial charge in [-0.05, 0) is 25.3 Å². The Labute approximate surface area is 140 Å². The lowest BCUT2D eigenvalue weighted by atomic mass is 9.79. The molecule has 2 atom stereocenters. The predicted octanol–water partition coefficient (Wildman–Crippen LogP) is 1.49. The Morgan fingerprint density at radius 2 is 1.96 bits per heavy atom. The van der Waals surface area contributed by atoms with E-state index in [1.54, 1.807) is 4.90 Å². The topological polar surface area (TPSA) is 59.8 Å². The summed E-state index contributed by atoms with van der Waals surface area (Å²) in [6, 6.07) is 2.37. The summed E-state index contributed by atoms with van der Waals surface area (Å²) in [4.78, 5) is 18.5. The van der Waals surface area contributed by atoms with Crippen molar-refractivity contribution >= 4 is 6.09 Å². The standard InChI is InChI=1S/C17H30N4O2/c1-14(2)16-4-5-21(13-15(16)12-18)17(22)23-11-10-20-8-6-19(3)7-9-20/h14-16H,4-11,13H2,1-3H3. The first-order valence-corrected chi connectivity index (χ1v) is 8.73. The highest BCUT2D eigenvalue weighted by molar-refractivity contribution is 5.67. The number of amides is 1. The van der Waals surface area contributed by atoms with E-state index >= 15 is 0 Å². The molecule has 2 heterocycles. The van der Waals surface area contributed by atoms with Crippen molar-refractivity contribution in [1.29, 1.82) is 5.26 Å². The summed E-state index contributed by atoms with van der Waals surface area (Å²) >= 11 is 0. The Morgan fingerprint density at radius 1 is 1.26 bits per heavy atom. The zero-order valence-electron chi connectivity index (χ0n) is 14.7. The molecule has 0 N–H and O–H groups in total. The third kappa shape index (κ3) is 5.08. The van der Waals surface area contributed by atoms with Gasteiger partial charge >= 0.3 is 6.09 Å². The van der Waals surface area contributed by atoms with E-state index in [-0.39, 0.29) is 12.0 Å². The first kappa shape index (κ1) is 18.0. The number of likely N-dealkylation sites (N-methyl/N-ethyl adjacent to an activating group) is 1. The second-order valence-corrected chi connectivity index (χ2v) is 7.14. The molecule has 0 aromatic rings. The maximum Gasteiger partial charge on any atom is 0.409 e. The summed E-state index contributed by atoms with van der Waals surface area (Å²) in [6.45, 7) is 10.9. The number of piperidine rings is 1. The molecule has 1 amide bonds. The Kier molecular flexibility index (Phi) is 6.67. The second-order valence-electron chi connectivity index (χ2n) is 7.14. The minimum Gasteiger partial charge on any atom is -0.448 e. The highest BCUT2D eigenvalue weighted by atomic mass is 16.6. The van der Waals surface area contributed by atoms with E-state index < -0.39 is 0 Å². The van der Waals surface area contributed by atoms with E-state index in [1.807, 2.05) is 0 Å². The van der Waals surface area contributed by atoms with Gasteiger partial charge in [0, 0.05) is 45.8 Å². The minimum absolute atomic E-state index is 0.0751. The number of nitriles is 1. The highest BCUT2D eigenvalue weighted by Crippen LogP contribution is 2.29. The number of carbonyl (C=O) groups is 1. The van der Waals surface area contributed by atoms with Crippen LogP contribution in [0.25, 0.3) is 0 Å². The first-order valence-electron chi connectivity index (χ1n) is 8.73. The Bertz CT molecular complexity index is 427. The van der Waals surface area contributed by atoms with Crippen molar-refractivity contribution in [3.8, 4) is 6.07 Å². The fraction of sp³-hybridized carbons (Fsp3) is 0.882. The predicted molar refractivity (Wildman–Crippen MR) is 88.9 cm³/mol. The van der Waals surface area contributed by atoms with Crippen LogP contribution in [-0.4, -0.2) is 80.3 Å². The van der Waals surface area contributed by atoms with Crippen molar-refractivity contribution in [3.05, 3.63) is 0 Å². The van der Waals surface area contributed by atoms with Gasteiger partial charge in [-0.25, -0.2) is 4.79 Å². The van der Waals surface area contributed by atoms with E-state index in [2.05, 4.69) is 36.8 Å². The molecule has 130 valence electrons. The fourth-order valence-corrected chi connectivity index (χ4v) is 3.50. The molecular weight excluding hydrogens is 292 g/mol. The van der Waals surface area contributed by atoms with E-state index in [1.165, 1.54) is 0 Å². The van der Waals surface area contributed by atoms with Crippen LogP contribution in [0.4, 0.5) is 4.79 Å². The quantitative estimate of drug-likeness (QED) is 0.785. The van der Waals surface area contributed by atoms with Crippen molar-refractivity contribution < 1.29 is 9.53 Å². The summed E-state index contributed by atoms with van der Waals surface area (Å²) in [5.41, 5.74) is 0. The SMILES string of the molecule is CC(C)C1CCN(C(=O)OCCN2CCN(C)CC2)CC1C#N. The number of ether oxygens (including phenoxy) is 1. The van der Waals surface area contributed by atoms with Crippen LogP contribution in [0.5, 0.6) is 0 Å². The van der Waals surface area contributed by atoms with Crippen LogP contribution >= 0.6 is 0 Å². The normalized spacial score (nSPS) is 27.0. The summed E-state index contributed by atoms with van der Waals surface area (Å²) < 4.78 is 5.42. The number of hydrogen-bond acceptors (Lipinski definition) is 5. The van der Waals surface area contributed by atoms with Crippen LogP contribution in [-0.2, 0) is 4.74 Å². The van der Waals surface area contributed by atoms with Crippen LogP contribution in [0.2, 0.25) is 0 Å². The van der Waals surface area contributed by atoms with Crippen molar-refractivity contribution in [1.82, 2.24) is 14.7 Å². The van der Waals surface area contributed by atoms with Gasteiger partial charge in [0.25, 0.3) is 0 Å². The van der Waals surface area contributed by atoms with Gasteiger partial charge in [0.05, 0.1) is 12.0 Å². The molecule has 2 unspecified atom stereocenters. The van der Waals surface area contributed by atoms with Gasteiger partial charge < -0.3 is 14.5 Å². The number of carbonyl (C=O) groups excluding carboxylic acids is 1. The monoisotopic (exact) mass is 322 g/mol. The van der Waals surface area contributed by atoms with Gasteiger partial charge in [0.15, 0.2) is 0 Å². The van der Waals surface area contributed by atoms with Crippen molar-refractivity contribution in [3.63, 3.8) is 0 Å². The van der Waals surface area contributed by atoms with E-state index in [0.29, 0.717) is 31.5 Å². The molecule has 2 saturated heterocycles. The van der Waals surface area contributed by atoms with Crippen LogP contribution in [0.3, 0.4) is 0 Å². The van der Waals surface area contributed by atoms with E-state index in [9.17, 15) is 10.1 Å². The third-order valence-electron chi connectivity index (χ3n) is 5.18. The largest absolute Gasteiger partial charge is 0.448 e. The second kappa shape index (κ2) is 8.51. The van der Waals surface area contributed by atoms with Crippen LogP contribution in [0, 0.1) is 29.1 Å². The number of likely N-dealkylation sites (tertiary alicyclic amines) is 1. The maximum atomic E-state index is 12.2. The van der Waals surface area contributed by atoms with Crippen molar-refractivity contribution in [2.24, 2.45) is 17.8 Å². The smallest absolute Gasteiger partial charge is 0.409 e. The molecule has 0 radical (unpaired) electrons. The maximum absolute atomic E-state index is 12.2. The zero-order valence-corrected chi connectivity index (χ0v) is 14.7. The molecule has 0 aromatic carbocycles. The lowest BCUT2D eigenvalue weighted by Gasteiger charge is -2.37. The molecule has 23 heavy (non-hydrogen) atoms. The average molecular weight is 322 g/mol. The molecular formula is C17H30N4O2. The average Bonchev–Trinajstić information content (AvgIpc) is 2.55. The molecule has 0 saturated carbocycles. The lowest BCUT2D eigenvalue weighted by molar-refractivity contribution is 0.0581. The molecule has 2 aliphatic heterocycles. The Balaban J connectivity index is 1.71. The summed E-state index contributed by atoms with van der Waals surface area (Å²) in [7, 11) is 2.13. The van der Waals surface area contributed by atoms with Crippen LogP contribution < -0.4 is 0 Å². The molecule has 2 aliphatic rings. The van der Waals surface area contributed by atoms with Crippen LogP contribution in [0.15, 0.2) is 0 Å². The van der Waals surface area contributed by atoms with Gasteiger partial charge in [-0.1, -0.05) is 13.8 Å². The van der Waals surface area contributed by atoms with Gasteiger partial charge in [-0.15, -0.1) is 0 Å². The van der Waals surface area contributed by atoms with E-state index in [0.717, 1.165) is 39.1 Å². The molecule has 0 aromatic heterocycles. The fourth-order valence-electron chi connectivity index (χ4n) is 3.50. The van der Waals surface area contributed by atoms with Gasteiger partial charge in [0.1, 0.15) is 6.61 Å². The highest BCUT2D eigenvalue weighted by Gasteiger charge is 2.33. The molecule has 2 rings (SSSR count). The third-order valence-corrected chi connectivity index (χ3v) is 5.18.